The van der Waals surface area contributed by atoms with Crippen molar-refractivity contribution < 1.29 is 4.74 Å². The van der Waals surface area contributed by atoms with E-state index in [0.717, 1.165) is 22.5 Å². The summed E-state index contributed by atoms with van der Waals surface area (Å²) in [6.07, 6.45) is 3.42. The Morgan fingerprint density at radius 1 is 1.20 bits per heavy atom. The Labute approximate surface area is 128 Å². The molecule has 0 aliphatic heterocycles. The lowest BCUT2D eigenvalue weighted by atomic mass is 10.1. The molecule has 0 radical (unpaired) electrons. The minimum Gasteiger partial charge on any atom is -0.456 e. The van der Waals surface area contributed by atoms with Gasteiger partial charge >= 0.3 is 0 Å². The Kier molecular flexibility index (Phi) is 4.78. The number of hydrogen-bond donors (Lipinski definition) is 1. The number of nitrogens with zero attached hydrogens (tertiary/aromatic N) is 1. The molecule has 0 spiro atoms. The summed E-state index contributed by atoms with van der Waals surface area (Å²) in [5.74, 6) is 1.53. The maximum Gasteiger partial charge on any atom is 0.145 e. The van der Waals surface area contributed by atoms with E-state index >= 15 is 0 Å². The molecular formula is C16H19BrN2O. The van der Waals surface area contributed by atoms with E-state index in [2.05, 4.69) is 53.1 Å². The number of rotatable bonds is 4. The molecule has 2 rings (SSSR count). The molecule has 0 saturated carbocycles. The van der Waals surface area contributed by atoms with Gasteiger partial charge in [0.25, 0.3) is 0 Å². The number of hydrogen-bond acceptors (Lipinski definition) is 3. The molecule has 0 unspecified atom stereocenters. The summed E-state index contributed by atoms with van der Waals surface area (Å²) >= 11 is 3.59. The molecule has 1 aromatic heterocycles. The van der Waals surface area contributed by atoms with Crippen molar-refractivity contribution in [2.24, 2.45) is 0 Å². The zero-order valence-electron chi connectivity index (χ0n) is 12.0. The largest absolute Gasteiger partial charge is 0.456 e. The zero-order valence-corrected chi connectivity index (χ0v) is 13.6. The summed E-state index contributed by atoms with van der Waals surface area (Å²) in [4.78, 5) is 4.03. The second-order valence-electron chi connectivity index (χ2n) is 5.65. The van der Waals surface area contributed by atoms with Crippen LogP contribution in [0.3, 0.4) is 0 Å². The maximum absolute atomic E-state index is 5.75. The fourth-order valence-electron chi connectivity index (χ4n) is 1.64. The summed E-state index contributed by atoms with van der Waals surface area (Å²) in [6, 6.07) is 9.75. The van der Waals surface area contributed by atoms with Crippen LogP contribution in [0.1, 0.15) is 26.3 Å². The van der Waals surface area contributed by atoms with E-state index in [-0.39, 0.29) is 5.54 Å². The van der Waals surface area contributed by atoms with Crippen LogP contribution < -0.4 is 10.1 Å². The average Bonchev–Trinajstić information content (AvgIpc) is 2.38. The number of pyridine rings is 1. The fraction of sp³-hybridized carbons (Fsp3) is 0.312. The molecule has 1 aromatic carbocycles. The van der Waals surface area contributed by atoms with Crippen LogP contribution in [0.25, 0.3) is 0 Å². The molecule has 0 saturated heterocycles. The fourth-order valence-corrected chi connectivity index (χ4v) is 2.14. The third-order valence-electron chi connectivity index (χ3n) is 2.70. The van der Waals surface area contributed by atoms with Crippen LogP contribution in [0, 0.1) is 0 Å². The highest BCUT2D eigenvalue weighted by atomic mass is 79.9. The highest BCUT2D eigenvalue weighted by Gasteiger charge is 2.10. The Balaban J connectivity index is 2.06. The summed E-state index contributed by atoms with van der Waals surface area (Å²) in [6.45, 7) is 7.28. The molecule has 0 amide bonds. The lowest BCUT2D eigenvalue weighted by molar-refractivity contribution is 0.423. The van der Waals surface area contributed by atoms with Gasteiger partial charge in [-0.3, -0.25) is 4.98 Å². The molecule has 0 fully saturated rings. The zero-order chi connectivity index (χ0) is 14.6. The molecule has 0 bridgehead atoms. The first-order valence-corrected chi connectivity index (χ1v) is 7.35. The first kappa shape index (κ1) is 15.0. The van der Waals surface area contributed by atoms with E-state index in [1.807, 2.05) is 24.3 Å². The number of halogens is 1. The standard InChI is InChI=1S/C16H19BrN2O/c1-16(2,3)19-10-12-6-7-13(9-15(12)17)20-14-5-4-8-18-11-14/h4-9,11,19H,10H2,1-3H3. The van der Waals surface area contributed by atoms with Crippen LogP contribution >= 0.6 is 15.9 Å². The number of benzene rings is 1. The van der Waals surface area contributed by atoms with E-state index in [1.54, 1.807) is 12.4 Å². The third kappa shape index (κ3) is 4.62. The lowest BCUT2D eigenvalue weighted by Crippen LogP contribution is -2.35. The second kappa shape index (κ2) is 6.37. The molecule has 0 aliphatic rings. The van der Waals surface area contributed by atoms with E-state index in [0.29, 0.717) is 0 Å². The van der Waals surface area contributed by atoms with E-state index in [1.165, 1.54) is 5.56 Å². The van der Waals surface area contributed by atoms with Gasteiger partial charge in [0, 0.05) is 22.8 Å². The highest BCUT2D eigenvalue weighted by Crippen LogP contribution is 2.27. The number of nitrogens with one attached hydrogen (secondary N) is 1. The predicted octanol–water partition coefficient (Wildman–Crippen LogP) is 4.52. The van der Waals surface area contributed by atoms with Crippen molar-refractivity contribution in [3.63, 3.8) is 0 Å². The average molecular weight is 335 g/mol. The minimum absolute atomic E-state index is 0.102. The molecule has 1 N–H and O–H groups in total. The van der Waals surface area contributed by atoms with Crippen molar-refractivity contribution >= 4 is 15.9 Å². The molecule has 3 nitrogen and oxygen atoms in total. The van der Waals surface area contributed by atoms with E-state index in [4.69, 9.17) is 4.74 Å². The Hall–Kier alpha value is -1.39. The summed E-state index contributed by atoms with van der Waals surface area (Å²) in [5.41, 5.74) is 1.31. The molecule has 106 valence electrons. The van der Waals surface area contributed by atoms with Crippen LogP contribution in [0.15, 0.2) is 47.2 Å². The molecule has 1 heterocycles. The van der Waals surface area contributed by atoms with Gasteiger partial charge in [-0.1, -0.05) is 22.0 Å². The third-order valence-corrected chi connectivity index (χ3v) is 3.44. The smallest absolute Gasteiger partial charge is 0.145 e. The molecule has 20 heavy (non-hydrogen) atoms. The van der Waals surface area contributed by atoms with Gasteiger partial charge in [-0.25, -0.2) is 0 Å². The summed E-state index contributed by atoms with van der Waals surface area (Å²) in [5, 5.41) is 3.47. The molecular weight excluding hydrogens is 316 g/mol. The van der Waals surface area contributed by atoms with Crippen molar-refractivity contribution in [2.45, 2.75) is 32.9 Å². The van der Waals surface area contributed by atoms with Crippen molar-refractivity contribution in [2.75, 3.05) is 0 Å². The van der Waals surface area contributed by atoms with Gasteiger partial charge < -0.3 is 10.1 Å². The second-order valence-corrected chi connectivity index (χ2v) is 6.50. The Morgan fingerprint density at radius 3 is 2.60 bits per heavy atom. The van der Waals surface area contributed by atoms with Crippen molar-refractivity contribution in [3.05, 3.63) is 52.8 Å². The molecule has 4 heteroatoms. The first-order chi connectivity index (χ1) is 9.44. The predicted molar refractivity (Wildman–Crippen MR) is 85.0 cm³/mol. The van der Waals surface area contributed by atoms with Crippen molar-refractivity contribution in [1.29, 1.82) is 0 Å². The lowest BCUT2D eigenvalue weighted by Gasteiger charge is -2.21. The molecule has 0 atom stereocenters. The van der Waals surface area contributed by atoms with Gasteiger partial charge in [0.05, 0.1) is 6.20 Å². The van der Waals surface area contributed by atoms with Gasteiger partial charge in [-0.15, -0.1) is 0 Å². The van der Waals surface area contributed by atoms with Crippen LogP contribution in [0.2, 0.25) is 0 Å². The van der Waals surface area contributed by atoms with Gasteiger partial charge in [0.2, 0.25) is 0 Å². The van der Waals surface area contributed by atoms with Gasteiger partial charge in [-0.2, -0.15) is 0 Å². The van der Waals surface area contributed by atoms with E-state index < -0.39 is 0 Å². The Morgan fingerprint density at radius 2 is 2.00 bits per heavy atom. The van der Waals surface area contributed by atoms with Crippen LogP contribution in [0.4, 0.5) is 0 Å². The summed E-state index contributed by atoms with van der Waals surface area (Å²) < 4.78 is 6.78. The topological polar surface area (TPSA) is 34.1 Å². The summed E-state index contributed by atoms with van der Waals surface area (Å²) in [7, 11) is 0. The maximum atomic E-state index is 5.75. The van der Waals surface area contributed by atoms with Crippen molar-refractivity contribution in [1.82, 2.24) is 10.3 Å². The quantitative estimate of drug-likeness (QED) is 0.892. The highest BCUT2D eigenvalue weighted by molar-refractivity contribution is 9.10. The normalized spacial score (nSPS) is 11.4. The van der Waals surface area contributed by atoms with Gasteiger partial charge in [0.15, 0.2) is 0 Å². The molecule has 2 aromatic rings. The van der Waals surface area contributed by atoms with Gasteiger partial charge in [-0.05, 0) is 50.6 Å². The Bertz CT molecular complexity index is 564. The minimum atomic E-state index is 0.102. The first-order valence-electron chi connectivity index (χ1n) is 6.55. The van der Waals surface area contributed by atoms with Crippen LogP contribution in [0.5, 0.6) is 11.5 Å². The number of aromatic nitrogens is 1. The SMILES string of the molecule is CC(C)(C)NCc1ccc(Oc2cccnc2)cc1Br. The van der Waals surface area contributed by atoms with Crippen molar-refractivity contribution in [3.8, 4) is 11.5 Å². The van der Waals surface area contributed by atoms with E-state index in [9.17, 15) is 0 Å². The molecule has 0 aliphatic carbocycles. The monoisotopic (exact) mass is 334 g/mol. The number of ether oxygens (including phenoxy) is 1. The van der Waals surface area contributed by atoms with Crippen LogP contribution in [-0.2, 0) is 6.54 Å². The van der Waals surface area contributed by atoms with Gasteiger partial charge in [0.1, 0.15) is 11.5 Å². The van der Waals surface area contributed by atoms with Crippen LogP contribution in [-0.4, -0.2) is 10.5 Å².